The monoisotopic (exact) mass is 720 g/mol. The summed E-state index contributed by atoms with van der Waals surface area (Å²) in [5, 5.41) is 6.87. The van der Waals surface area contributed by atoms with Crippen LogP contribution in [0.15, 0.2) is 203 Å². The maximum Gasteiger partial charge on any atom is 0.136 e. The number of furan rings is 2. The second-order valence-electron chi connectivity index (χ2n) is 14.2. The molecule has 0 radical (unpaired) electrons. The van der Waals surface area contributed by atoms with E-state index in [1.54, 1.807) is 0 Å². The van der Waals surface area contributed by atoms with E-state index in [0.717, 1.165) is 71.3 Å². The van der Waals surface area contributed by atoms with Gasteiger partial charge in [-0.25, -0.2) is 0 Å². The predicted molar refractivity (Wildman–Crippen MR) is 235 cm³/mol. The van der Waals surface area contributed by atoms with Gasteiger partial charge in [0.25, 0.3) is 0 Å². The molecule has 10 aromatic carbocycles. The third kappa shape index (κ3) is 4.69. The van der Waals surface area contributed by atoms with E-state index in [0.29, 0.717) is 27.8 Å². The second kappa shape index (κ2) is 12.0. The Balaban J connectivity index is 1.05. The summed E-state index contributed by atoms with van der Waals surface area (Å²) >= 11 is 0. The van der Waals surface area contributed by atoms with Gasteiger partial charge >= 0.3 is 0 Å². The molecule has 12 aromatic rings. The Morgan fingerprint density at radius 2 is 0.750 bits per heavy atom. The standard InChI is InChI=1S/C54H32O2/c1-2-10-38-31-39(26-21-33(38)9-1)34-17-22-36(23-18-34)51-41-11-3-5-13-43(41)52(44-14-6-4-12-42(44)51)37-24-19-35(20-25-37)40-27-28-46-50(32-40)56-49-30-29-48-53(54(46)49)45-15-7-8-16-47(45)55-48/h1-32H/i3D,4D,5D,6D,11D,12D,13D,14D. The fourth-order valence-corrected chi connectivity index (χ4v) is 8.49. The third-order valence-electron chi connectivity index (χ3n) is 11.1. The highest BCUT2D eigenvalue weighted by Crippen LogP contribution is 2.45. The first kappa shape index (κ1) is 24.1. The number of benzene rings is 10. The van der Waals surface area contributed by atoms with E-state index in [1.807, 2.05) is 115 Å². The van der Waals surface area contributed by atoms with Crippen molar-refractivity contribution in [2.45, 2.75) is 0 Å². The molecule has 0 spiro atoms. The minimum absolute atomic E-state index is 0.173. The molecule has 0 aliphatic rings. The van der Waals surface area contributed by atoms with Crippen molar-refractivity contribution in [3.63, 3.8) is 0 Å². The van der Waals surface area contributed by atoms with Gasteiger partial charge in [0.1, 0.15) is 22.3 Å². The Hall–Kier alpha value is -7.42. The van der Waals surface area contributed by atoms with Crippen LogP contribution in [0.4, 0.5) is 0 Å². The van der Waals surface area contributed by atoms with E-state index in [9.17, 15) is 5.48 Å². The van der Waals surface area contributed by atoms with E-state index in [-0.39, 0.29) is 45.7 Å². The van der Waals surface area contributed by atoms with Gasteiger partial charge in [-0.2, -0.15) is 0 Å². The van der Waals surface area contributed by atoms with Crippen LogP contribution < -0.4 is 0 Å². The molecule has 0 N–H and O–H groups in total. The SMILES string of the molecule is [2H]c1c([2H])c([2H])c2c(-c3ccc(-c4ccc5c(c4)oc4ccc6oc7ccccc7c6c45)cc3)c3c([2H])c([2H])c([2H])c([2H])c3c(-c3ccc(-c4ccc5ccccc5c4)cc3)c2c1[2H]. The fourth-order valence-electron chi connectivity index (χ4n) is 8.49. The van der Waals surface area contributed by atoms with Crippen molar-refractivity contribution in [3.8, 4) is 44.5 Å². The van der Waals surface area contributed by atoms with Crippen LogP contribution in [0.5, 0.6) is 0 Å². The highest BCUT2D eigenvalue weighted by Gasteiger charge is 2.19. The summed E-state index contributed by atoms with van der Waals surface area (Å²) in [6.45, 7) is 0. The molecule has 0 aliphatic carbocycles. The fraction of sp³-hybridized carbons (Fsp3) is 0. The average Bonchev–Trinajstić information content (AvgIpc) is 3.90. The zero-order valence-electron chi connectivity index (χ0n) is 37.7. The van der Waals surface area contributed by atoms with Crippen molar-refractivity contribution in [2.24, 2.45) is 0 Å². The second-order valence-corrected chi connectivity index (χ2v) is 14.2. The summed E-state index contributed by atoms with van der Waals surface area (Å²) in [5.74, 6) is 0. The lowest BCUT2D eigenvalue weighted by atomic mass is 9.85. The molecule has 0 bridgehead atoms. The summed E-state index contributed by atoms with van der Waals surface area (Å²) in [6, 6.07) is 44.4. The minimum atomic E-state index is -0.437. The summed E-state index contributed by atoms with van der Waals surface area (Å²) in [6.07, 6.45) is 0. The molecule has 12 rings (SSSR count). The number of fused-ring (bicyclic) bond motifs is 10. The Kier molecular flexibility index (Phi) is 5.18. The highest BCUT2D eigenvalue weighted by molar-refractivity contribution is 6.26. The molecule has 2 heteroatoms. The molecule has 0 aliphatic heterocycles. The molecule has 0 atom stereocenters. The van der Waals surface area contributed by atoms with E-state index < -0.39 is 24.2 Å². The van der Waals surface area contributed by atoms with Crippen molar-refractivity contribution >= 4 is 76.2 Å². The van der Waals surface area contributed by atoms with Gasteiger partial charge in [0.2, 0.25) is 0 Å². The van der Waals surface area contributed by atoms with Crippen LogP contribution in [0.3, 0.4) is 0 Å². The lowest BCUT2D eigenvalue weighted by molar-refractivity contribution is 0.663. The van der Waals surface area contributed by atoms with Crippen LogP contribution in [0, 0.1) is 0 Å². The van der Waals surface area contributed by atoms with Crippen molar-refractivity contribution in [1.82, 2.24) is 0 Å². The summed E-state index contributed by atoms with van der Waals surface area (Å²) in [4.78, 5) is 0. The molecule has 2 nitrogen and oxygen atoms in total. The number of hydrogen-bond acceptors (Lipinski definition) is 2. The third-order valence-corrected chi connectivity index (χ3v) is 11.1. The van der Waals surface area contributed by atoms with Crippen LogP contribution in [0.2, 0.25) is 0 Å². The van der Waals surface area contributed by atoms with Crippen LogP contribution in [-0.2, 0) is 0 Å². The highest BCUT2D eigenvalue weighted by atomic mass is 16.3. The molecular formula is C54H32O2. The van der Waals surface area contributed by atoms with Gasteiger partial charge in [0.05, 0.1) is 11.0 Å². The molecule has 260 valence electrons. The van der Waals surface area contributed by atoms with Crippen molar-refractivity contribution < 1.29 is 19.8 Å². The Morgan fingerprint density at radius 1 is 0.304 bits per heavy atom. The van der Waals surface area contributed by atoms with Gasteiger partial charge < -0.3 is 8.83 Å². The van der Waals surface area contributed by atoms with Gasteiger partial charge in [0, 0.05) is 21.5 Å². The summed E-state index contributed by atoms with van der Waals surface area (Å²) in [7, 11) is 0. The summed E-state index contributed by atoms with van der Waals surface area (Å²) in [5.41, 5.74) is 8.40. The number of hydrogen-bond donors (Lipinski definition) is 0. The molecule has 0 unspecified atom stereocenters. The van der Waals surface area contributed by atoms with Gasteiger partial charge in [-0.3, -0.25) is 0 Å². The van der Waals surface area contributed by atoms with E-state index in [4.69, 9.17) is 14.3 Å². The van der Waals surface area contributed by atoms with Crippen LogP contribution in [0.25, 0.3) is 121 Å². The van der Waals surface area contributed by atoms with Crippen molar-refractivity contribution in [1.29, 1.82) is 0 Å². The molecule has 2 aromatic heterocycles. The van der Waals surface area contributed by atoms with E-state index in [1.165, 1.54) is 0 Å². The molecular weight excluding hydrogens is 681 g/mol. The molecule has 0 saturated heterocycles. The van der Waals surface area contributed by atoms with Crippen molar-refractivity contribution in [3.05, 3.63) is 194 Å². The first-order chi connectivity index (χ1) is 31.1. The molecule has 0 amide bonds. The zero-order valence-corrected chi connectivity index (χ0v) is 29.7. The Morgan fingerprint density at radius 3 is 1.36 bits per heavy atom. The maximum absolute atomic E-state index is 9.37. The van der Waals surface area contributed by atoms with Gasteiger partial charge in [-0.1, -0.05) is 158 Å². The topological polar surface area (TPSA) is 26.3 Å². The average molecular weight is 721 g/mol. The summed E-state index contributed by atoms with van der Waals surface area (Å²) < 4.78 is 85.3. The number of para-hydroxylation sites is 1. The van der Waals surface area contributed by atoms with E-state index in [2.05, 4.69) is 30.3 Å². The molecule has 56 heavy (non-hydrogen) atoms. The van der Waals surface area contributed by atoms with Gasteiger partial charge in [0.15, 0.2) is 0 Å². The Bertz CT molecular complexity index is 3900. The van der Waals surface area contributed by atoms with Crippen LogP contribution in [0.1, 0.15) is 11.0 Å². The van der Waals surface area contributed by atoms with Crippen LogP contribution in [-0.4, -0.2) is 0 Å². The van der Waals surface area contributed by atoms with E-state index >= 15 is 0 Å². The maximum atomic E-state index is 9.37. The minimum Gasteiger partial charge on any atom is -0.456 e. The lowest BCUT2D eigenvalue weighted by Gasteiger charge is -2.18. The lowest BCUT2D eigenvalue weighted by Crippen LogP contribution is -1.91. The molecule has 0 saturated carbocycles. The Labute approximate surface area is 333 Å². The predicted octanol–water partition coefficient (Wildman–Crippen LogP) is 15.6. The molecule has 2 heterocycles. The molecule has 0 fully saturated rings. The first-order valence-electron chi connectivity index (χ1n) is 22.5. The number of rotatable bonds is 4. The zero-order chi connectivity index (χ0) is 43.7. The van der Waals surface area contributed by atoms with Gasteiger partial charge in [-0.15, -0.1) is 0 Å². The first-order valence-corrected chi connectivity index (χ1v) is 18.5. The van der Waals surface area contributed by atoms with Crippen molar-refractivity contribution in [2.75, 3.05) is 0 Å². The smallest absolute Gasteiger partial charge is 0.136 e. The largest absolute Gasteiger partial charge is 0.456 e. The van der Waals surface area contributed by atoms with Gasteiger partial charge in [-0.05, 0) is 113 Å². The normalized spacial score (nSPS) is 13.9. The van der Waals surface area contributed by atoms with Crippen LogP contribution >= 0.6 is 0 Å². The quantitative estimate of drug-likeness (QED) is 0.169.